The van der Waals surface area contributed by atoms with Crippen LogP contribution in [0.1, 0.15) is 23.0 Å². The Balaban J connectivity index is 1.82. The summed E-state index contributed by atoms with van der Waals surface area (Å²) in [7, 11) is 0. The molecule has 3 aromatic rings. The molecule has 0 unspecified atom stereocenters. The van der Waals surface area contributed by atoms with Gasteiger partial charge in [-0.1, -0.05) is 30.3 Å². The number of carboxylic acids is 1. The lowest BCUT2D eigenvalue weighted by atomic mass is 10.1. The van der Waals surface area contributed by atoms with Crippen molar-refractivity contribution in [2.45, 2.75) is 6.92 Å². The third kappa shape index (κ3) is 4.75. The number of amides is 1. The number of anilines is 1. The van der Waals surface area contributed by atoms with Gasteiger partial charge >= 0.3 is 0 Å². The van der Waals surface area contributed by atoms with Crippen LogP contribution in [0, 0.1) is 11.3 Å². The van der Waals surface area contributed by atoms with E-state index >= 15 is 0 Å². The maximum absolute atomic E-state index is 12.5. The summed E-state index contributed by atoms with van der Waals surface area (Å²) >= 11 is 0. The van der Waals surface area contributed by atoms with E-state index in [9.17, 15) is 20.0 Å². The van der Waals surface area contributed by atoms with Crippen LogP contribution in [0.2, 0.25) is 0 Å². The second-order valence-electron chi connectivity index (χ2n) is 6.12. The van der Waals surface area contributed by atoms with E-state index in [2.05, 4.69) is 5.32 Å². The van der Waals surface area contributed by atoms with Crippen molar-refractivity contribution < 1.29 is 23.8 Å². The number of hydrogen-bond donors (Lipinski definition) is 1. The van der Waals surface area contributed by atoms with Crippen molar-refractivity contribution in [3.63, 3.8) is 0 Å². The number of carbonyl (C=O) groups excluding carboxylic acids is 2. The predicted molar refractivity (Wildman–Crippen MR) is 108 cm³/mol. The van der Waals surface area contributed by atoms with Crippen molar-refractivity contribution in [1.29, 1.82) is 5.26 Å². The lowest BCUT2D eigenvalue weighted by Gasteiger charge is -2.08. The Kier molecular flexibility index (Phi) is 6.30. The van der Waals surface area contributed by atoms with Crippen LogP contribution in [0.25, 0.3) is 17.4 Å². The number of hydrogen-bond acceptors (Lipinski definition) is 6. The van der Waals surface area contributed by atoms with Gasteiger partial charge in [-0.3, -0.25) is 4.79 Å². The molecule has 0 bridgehead atoms. The van der Waals surface area contributed by atoms with Crippen LogP contribution in [0.4, 0.5) is 5.69 Å². The van der Waals surface area contributed by atoms with E-state index in [0.717, 1.165) is 0 Å². The van der Waals surface area contributed by atoms with Gasteiger partial charge in [0.1, 0.15) is 28.9 Å². The molecule has 0 aliphatic heterocycles. The molecule has 1 aromatic heterocycles. The van der Waals surface area contributed by atoms with E-state index < -0.39 is 11.9 Å². The van der Waals surface area contributed by atoms with Gasteiger partial charge in [0.25, 0.3) is 5.91 Å². The summed E-state index contributed by atoms with van der Waals surface area (Å²) < 4.78 is 11.0. The fraction of sp³-hybridized carbons (Fsp3) is 0.0870. The largest absolute Gasteiger partial charge is 0.545 e. The van der Waals surface area contributed by atoms with Gasteiger partial charge in [-0.25, -0.2) is 0 Å². The molecule has 30 heavy (non-hydrogen) atoms. The summed E-state index contributed by atoms with van der Waals surface area (Å²) in [6.45, 7) is 2.34. The molecule has 150 valence electrons. The van der Waals surface area contributed by atoms with Crippen molar-refractivity contribution in [2.75, 3.05) is 11.9 Å². The number of furan rings is 1. The summed E-state index contributed by atoms with van der Waals surface area (Å²) in [5, 5.41) is 23.3. The van der Waals surface area contributed by atoms with Crippen LogP contribution in [0.3, 0.4) is 0 Å². The molecule has 0 spiro atoms. The first kappa shape index (κ1) is 20.4. The minimum atomic E-state index is -1.33. The quantitative estimate of drug-likeness (QED) is 0.480. The van der Waals surface area contributed by atoms with E-state index in [1.54, 1.807) is 54.6 Å². The first-order valence-electron chi connectivity index (χ1n) is 9.08. The van der Waals surface area contributed by atoms with Gasteiger partial charge in [0.2, 0.25) is 0 Å². The third-order valence-corrected chi connectivity index (χ3v) is 4.09. The van der Waals surface area contributed by atoms with Gasteiger partial charge in [-0.2, -0.15) is 5.26 Å². The van der Waals surface area contributed by atoms with E-state index in [1.807, 2.05) is 13.0 Å². The van der Waals surface area contributed by atoms with Crippen LogP contribution >= 0.6 is 0 Å². The lowest BCUT2D eigenvalue weighted by molar-refractivity contribution is -0.254. The SMILES string of the molecule is CCOc1cccc(NC(=O)/C(C#N)=C\c2ccc(-c3ccccc3C(=O)[O-])o2)c1. The highest BCUT2D eigenvalue weighted by atomic mass is 16.5. The van der Waals surface area contributed by atoms with E-state index in [0.29, 0.717) is 23.6 Å². The minimum Gasteiger partial charge on any atom is -0.545 e. The van der Waals surface area contributed by atoms with Crippen molar-refractivity contribution in [3.8, 4) is 23.1 Å². The average Bonchev–Trinajstić information content (AvgIpc) is 3.21. The van der Waals surface area contributed by atoms with Gasteiger partial charge in [0, 0.05) is 29.0 Å². The zero-order valence-corrected chi connectivity index (χ0v) is 16.0. The Labute approximate surface area is 172 Å². The molecule has 0 atom stereocenters. The van der Waals surface area contributed by atoms with Gasteiger partial charge in [0.15, 0.2) is 0 Å². The molecule has 0 radical (unpaired) electrons. The van der Waals surface area contributed by atoms with Crippen LogP contribution in [0.5, 0.6) is 5.75 Å². The molecule has 1 amide bonds. The molecule has 0 aliphatic rings. The molecule has 7 heteroatoms. The van der Waals surface area contributed by atoms with E-state index in [4.69, 9.17) is 9.15 Å². The number of benzene rings is 2. The van der Waals surface area contributed by atoms with Gasteiger partial charge in [-0.15, -0.1) is 0 Å². The van der Waals surface area contributed by atoms with Crippen LogP contribution in [-0.4, -0.2) is 18.5 Å². The van der Waals surface area contributed by atoms with E-state index in [1.165, 1.54) is 12.1 Å². The second-order valence-corrected chi connectivity index (χ2v) is 6.12. The normalized spacial score (nSPS) is 10.9. The zero-order chi connectivity index (χ0) is 21.5. The molecular weight excluding hydrogens is 384 g/mol. The molecule has 3 rings (SSSR count). The number of rotatable bonds is 7. The third-order valence-electron chi connectivity index (χ3n) is 4.09. The second kappa shape index (κ2) is 9.26. The number of carboxylic acid groups (broad SMARTS) is 1. The first-order valence-corrected chi connectivity index (χ1v) is 9.08. The van der Waals surface area contributed by atoms with Gasteiger partial charge < -0.3 is 24.4 Å². The molecule has 1 heterocycles. The Hall–Kier alpha value is -4.31. The average molecular weight is 401 g/mol. The highest BCUT2D eigenvalue weighted by molar-refractivity contribution is 6.09. The zero-order valence-electron chi connectivity index (χ0n) is 16.0. The topological polar surface area (TPSA) is 115 Å². The fourth-order valence-electron chi connectivity index (χ4n) is 2.77. The highest BCUT2D eigenvalue weighted by Gasteiger charge is 2.13. The highest BCUT2D eigenvalue weighted by Crippen LogP contribution is 2.26. The molecule has 2 aromatic carbocycles. The lowest BCUT2D eigenvalue weighted by Crippen LogP contribution is -2.22. The number of nitrogens with one attached hydrogen (secondary N) is 1. The monoisotopic (exact) mass is 401 g/mol. The van der Waals surface area contributed by atoms with Crippen molar-refractivity contribution in [1.82, 2.24) is 0 Å². The number of aromatic carboxylic acids is 1. The van der Waals surface area contributed by atoms with Crippen molar-refractivity contribution in [3.05, 3.63) is 77.6 Å². The van der Waals surface area contributed by atoms with Gasteiger partial charge in [-0.05, 0) is 31.2 Å². The molecule has 0 fully saturated rings. The molecule has 0 aliphatic carbocycles. The minimum absolute atomic E-state index is 0.0187. The molecule has 0 saturated carbocycles. The first-order chi connectivity index (χ1) is 14.5. The Bertz CT molecular complexity index is 1150. The number of nitriles is 1. The van der Waals surface area contributed by atoms with E-state index in [-0.39, 0.29) is 22.7 Å². The smallest absolute Gasteiger partial charge is 0.266 e. The summed E-state index contributed by atoms with van der Waals surface area (Å²) in [4.78, 5) is 23.8. The number of carbonyl (C=O) groups is 2. The molecule has 1 N–H and O–H groups in total. The number of ether oxygens (including phenoxy) is 1. The van der Waals surface area contributed by atoms with Crippen LogP contribution in [-0.2, 0) is 4.79 Å². The molecular formula is C23H17N2O5-. The molecule has 7 nitrogen and oxygen atoms in total. The summed E-state index contributed by atoms with van der Waals surface area (Å²) in [5.74, 6) is -0.833. The van der Waals surface area contributed by atoms with Crippen LogP contribution < -0.4 is 15.2 Å². The Morgan fingerprint density at radius 2 is 1.97 bits per heavy atom. The van der Waals surface area contributed by atoms with Crippen molar-refractivity contribution >= 4 is 23.6 Å². The Morgan fingerprint density at radius 1 is 1.17 bits per heavy atom. The summed E-state index contributed by atoms with van der Waals surface area (Å²) in [5.41, 5.74) is 0.628. The molecule has 0 saturated heterocycles. The van der Waals surface area contributed by atoms with Gasteiger partial charge in [0.05, 0.1) is 12.6 Å². The predicted octanol–water partition coefficient (Wildman–Crippen LogP) is 3.25. The maximum Gasteiger partial charge on any atom is 0.266 e. The number of nitrogens with zero attached hydrogens (tertiary/aromatic N) is 1. The summed E-state index contributed by atoms with van der Waals surface area (Å²) in [6.07, 6.45) is 1.28. The standard InChI is InChI=1S/C23H18N2O5/c1-2-29-17-7-5-6-16(13-17)25-22(26)15(14-24)12-18-10-11-21(30-18)19-8-3-4-9-20(19)23(27)28/h3-13H,2H2,1H3,(H,25,26)(H,27,28)/p-1/b15-12-. The van der Waals surface area contributed by atoms with Crippen LogP contribution in [0.15, 0.2) is 70.7 Å². The maximum atomic E-state index is 12.5. The summed E-state index contributed by atoms with van der Waals surface area (Å²) in [6, 6.07) is 18.0. The fourth-order valence-corrected chi connectivity index (χ4v) is 2.77. The van der Waals surface area contributed by atoms with Crippen molar-refractivity contribution in [2.24, 2.45) is 0 Å². The Morgan fingerprint density at radius 3 is 2.70 bits per heavy atom.